The lowest BCUT2D eigenvalue weighted by molar-refractivity contribution is -0.123. The molecule has 5 rings (SSSR count). The molecule has 1 saturated heterocycles. The zero-order valence-corrected chi connectivity index (χ0v) is 21.4. The summed E-state index contributed by atoms with van der Waals surface area (Å²) in [6.07, 6.45) is 1.65. The normalized spacial score (nSPS) is 14.4. The highest BCUT2D eigenvalue weighted by Gasteiger charge is 2.34. The summed E-state index contributed by atoms with van der Waals surface area (Å²) in [6.45, 7) is 0.567. The lowest BCUT2D eigenvalue weighted by Crippen LogP contribution is -2.32. The Kier molecular flexibility index (Phi) is 7.60. The third-order valence-corrected chi connectivity index (χ3v) is 6.87. The Hall–Kier alpha value is -4.30. The van der Waals surface area contributed by atoms with Crippen LogP contribution < -0.4 is 14.2 Å². The summed E-state index contributed by atoms with van der Waals surface area (Å²) in [4.78, 5) is 26.7. The summed E-state index contributed by atoms with van der Waals surface area (Å²) in [7, 11) is 1.55. The molecule has 0 aromatic heterocycles. The smallest absolute Gasteiger partial charge is 0.293 e. The van der Waals surface area contributed by atoms with Gasteiger partial charge in [-0.2, -0.15) is 0 Å². The summed E-state index contributed by atoms with van der Waals surface area (Å²) in [6, 6.07) is 25.2. The summed E-state index contributed by atoms with van der Waals surface area (Å²) in [5.41, 5.74) is 1.74. The molecule has 1 aliphatic rings. The van der Waals surface area contributed by atoms with Crippen LogP contribution in [0.1, 0.15) is 11.1 Å². The second-order valence-electron chi connectivity index (χ2n) is 8.52. The average molecular weight is 530 g/mol. The molecule has 0 saturated carbocycles. The highest BCUT2D eigenvalue weighted by Crippen LogP contribution is 2.35. The number of rotatable bonds is 9. The average Bonchev–Trinajstić information content (AvgIpc) is 3.20. The predicted molar refractivity (Wildman–Crippen MR) is 146 cm³/mol. The summed E-state index contributed by atoms with van der Waals surface area (Å²) in [5.74, 6) is 0.798. The van der Waals surface area contributed by atoms with E-state index in [-0.39, 0.29) is 24.2 Å². The van der Waals surface area contributed by atoms with Crippen molar-refractivity contribution in [3.63, 3.8) is 0 Å². The lowest BCUT2D eigenvalue weighted by Gasteiger charge is -2.13. The first kappa shape index (κ1) is 25.4. The van der Waals surface area contributed by atoms with E-state index in [0.29, 0.717) is 34.3 Å². The third-order valence-electron chi connectivity index (χ3n) is 5.96. The van der Waals surface area contributed by atoms with E-state index in [1.807, 2.05) is 24.3 Å². The fourth-order valence-electron chi connectivity index (χ4n) is 4.01. The van der Waals surface area contributed by atoms with Crippen molar-refractivity contribution in [1.29, 1.82) is 0 Å². The minimum Gasteiger partial charge on any atom is -0.493 e. The van der Waals surface area contributed by atoms with E-state index < -0.39 is 5.91 Å². The van der Waals surface area contributed by atoms with Gasteiger partial charge in [-0.25, -0.2) is 4.39 Å². The molecule has 1 heterocycles. The number of fused-ring (bicyclic) bond motifs is 1. The predicted octanol–water partition coefficient (Wildman–Crippen LogP) is 6.68. The number of hydrogen-bond donors (Lipinski definition) is 0. The summed E-state index contributed by atoms with van der Waals surface area (Å²) < 4.78 is 30.1. The number of carbonyl (C=O) groups excluding carboxylic acids is 2. The van der Waals surface area contributed by atoms with Crippen molar-refractivity contribution >= 4 is 39.8 Å². The second-order valence-corrected chi connectivity index (χ2v) is 9.51. The van der Waals surface area contributed by atoms with Crippen LogP contribution in [0.4, 0.5) is 9.18 Å². The summed E-state index contributed by atoms with van der Waals surface area (Å²) >= 11 is 0.872. The van der Waals surface area contributed by atoms with Gasteiger partial charge in [-0.15, -0.1) is 0 Å². The molecule has 0 radical (unpaired) electrons. The standard InChI is InChI=1S/C30H24FNO5S/c1-35-27-17-20(7-13-26(27)37-19-21-6-8-22-4-2-3-5-23(22)16-21)18-28-29(33)32(30(34)38-28)14-15-36-25-11-9-24(31)10-12-25/h2-13,16-18H,14-15,19H2,1H3/b28-18-. The molecule has 4 aromatic rings. The van der Waals surface area contributed by atoms with Crippen molar-refractivity contribution in [3.8, 4) is 17.2 Å². The van der Waals surface area contributed by atoms with Crippen molar-refractivity contribution in [3.05, 3.63) is 107 Å². The van der Waals surface area contributed by atoms with E-state index in [4.69, 9.17) is 14.2 Å². The number of thioether (sulfide) groups is 1. The van der Waals surface area contributed by atoms with Gasteiger partial charge in [-0.3, -0.25) is 14.5 Å². The Bertz CT molecular complexity index is 1520. The molecule has 38 heavy (non-hydrogen) atoms. The largest absolute Gasteiger partial charge is 0.493 e. The van der Waals surface area contributed by atoms with Gasteiger partial charge in [0.05, 0.1) is 18.6 Å². The van der Waals surface area contributed by atoms with Gasteiger partial charge in [0.1, 0.15) is 24.8 Å². The van der Waals surface area contributed by atoms with Gasteiger partial charge in [0.2, 0.25) is 0 Å². The first-order chi connectivity index (χ1) is 18.5. The van der Waals surface area contributed by atoms with Crippen molar-refractivity contribution in [2.24, 2.45) is 0 Å². The van der Waals surface area contributed by atoms with Crippen LogP contribution in [0.25, 0.3) is 16.8 Å². The van der Waals surface area contributed by atoms with Crippen LogP contribution in [-0.2, 0) is 11.4 Å². The van der Waals surface area contributed by atoms with Crippen molar-refractivity contribution in [2.45, 2.75) is 6.61 Å². The van der Waals surface area contributed by atoms with Crippen LogP contribution in [0.5, 0.6) is 17.2 Å². The van der Waals surface area contributed by atoms with Crippen LogP contribution >= 0.6 is 11.8 Å². The Morgan fingerprint density at radius 2 is 1.66 bits per heavy atom. The molecule has 6 nitrogen and oxygen atoms in total. The maximum atomic E-state index is 13.0. The molecule has 8 heteroatoms. The first-order valence-electron chi connectivity index (χ1n) is 11.9. The number of ether oxygens (including phenoxy) is 3. The lowest BCUT2D eigenvalue weighted by atomic mass is 10.1. The minimum absolute atomic E-state index is 0.0876. The molecule has 0 spiro atoms. The number of methoxy groups -OCH3 is 1. The Morgan fingerprint density at radius 1 is 0.868 bits per heavy atom. The number of carbonyl (C=O) groups is 2. The molecule has 192 valence electrons. The molecule has 1 aliphatic heterocycles. The van der Waals surface area contributed by atoms with Gasteiger partial charge in [0, 0.05) is 0 Å². The number of benzene rings is 4. The molecule has 0 atom stereocenters. The molecule has 4 aromatic carbocycles. The second kappa shape index (κ2) is 11.4. The van der Waals surface area contributed by atoms with Crippen molar-refractivity contribution in [2.75, 3.05) is 20.3 Å². The van der Waals surface area contributed by atoms with E-state index in [0.717, 1.165) is 27.6 Å². The van der Waals surface area contributed by atoms with Crippen LogP contribution in [0, 0.1) is 5.82 Å². The third kappa shape index (κ3) is 5.81. The number of nitrogens with zero attached hydrogens (tertiary/aromatic N) is 1. The van der Waals surface area contributed by atoms with Gasteiger partial charge in [0.25, 0.3) is 11.1 Å². The number of hydrogen-bond acceptors (Lipinski definition) is 6. The van der Waals surface area contributed by atoms with Gasteiger partial charge >= 0.3 is 0 Å². The first-order valence-corrected chi connectivity index (χ1v) is 12.7. The topological polar surface area (TPSA) is 65.1 Å². The van der Waals surface area contributed by atoms with Gasteiger partial charge < -0.3 is 14.2 Å². The molecule has 1 fully saturated rings. The molecule has 0 bridgehead atoms. The van der Waals surface area contributed by atoms with E-state index >= 15 is 0 Å². The van der Waals surface area contributed by atoms with E-state index in [1.54, 1.807) is 25.3 Å². The maximum absolute atomic E-state index is 13.0. The number of amides is 2. The van der Waals surface area contributed by atoms with Crippen molar-refractivity contribution < 1.29 is 28.2 Å². The van der Waals surface area contributed by atoms with Crippen LogP contribution in [0.15, 0.2) is 89.8 Å². The monoisotopic (exact) mass is 529 g/mol. The Labute approximate surface area is 223 Å². The van der Waals surface area contributed by atoms with E-state index in [1.165, 1.54) is 29.7 Å². The van der Waals surface area contributed by atoms with E-state index in [9.17, 15) is 14.0 Å². The van der Waals surface area contributed by atoms with Crippen LogP contribution in [0.3, 0.4) is 0 Å². The zero-order chi connectivity index (χ0) is 26.5. The van der Waals surface area contributed by atoms with Gasteiger partial charge in [-0.1, -0.05) is 42.5 Å². The van der Waals surface area contributed by atoms with Crippen LogP contribution in [-0.4, -0.2) is 36.3 Å². The number of halogens is 1. The van der Waals surface area contributed by atoms with Crippen LogP contribution in [0.2, 0.25) is 0 Å². The molecular weight excluding hydrogens is 505 g/mol. The molecule has 0 aliphatic carbocycles. The molecular formula is C30H24FNO5S. The minimum atomic E-state index is -0.390. The quantitative estimate of drug-likeness (QED) is 0.225. The van der Waals surface area contributed by atoms with E-state index in [2.05, 4.69) is 24.3 Å². The molecule has 2 amide bonds. The summed E-state index contributed by atoms with van der Waals surface area (Å²) in [5, 5.41) is 1.95. The Balaban J connectivity index is 1.22. The number of imide groups is 1. The molecule has 0 N–H and O–H groups in total. The van der Waals surface area contributed by atoms with Gasteiger partial charge in [-0.05, 0) is 82.2 Å². The van der Waals surface area contributed by atoms with Gasteiger partial charge in [0.15, 0.2) is 11.5 Å². The highest BCUT2D eigenvalue weighted by molar-refractivity contribution is 8.18. The fourth-order valence-corrected chi connectivity index (χ4v) is 4.88. The highest BCUT2D eigenvalue weighted by atomic mass is 32.2. The van der Waals surface area contributed by atoms with Crippen molar-refractivity contribution in [1.82, 2.24) is 4.90 Å². The molecule has 0 unspecified atom stereocenters. The Morgan fingerprint density at radius 3 is 2.45 bits per heavy atom. The SMILES string of the molecule is COc1cc(/C=C2\SC(=O)N(CCOc3ccc(F)cc3)C2=O)ccc1OCc1ccc2ccccc2c1. The fraction of sp³-hybridized carbons (Fsp3) is 0.133. The maximum Gasteiger partial charge on any atom is 0.293 e. The zero-order valence-electron chi connectivity index (χ0n) is 20.6.